The fourth-order valence-corrected chi connectivity index (χ4v) is 4.87. The summed E-state index contributed by atoms with van der Waals surface area (Å²) in [5, 5.41) is 14.3. The maximum absolute atomic E-state index is 9.41. The van der Waals surface area contributed by atoms with E-state index in [9.17, 15) is 5.11 Å². The number of para-hydroxylation sites is 1. The molecule has 0 aliphatic carbocycles. The van der Waals surface area contributed by atoms with Crippen LogP contribution in [0.15, 0.2) is 54.7 Å². The third-order valence-electron chi connectivity index (χ3n) is 5.64. The second-order valence-corrected chi connectivity index (χ2v) is 8.30. The summed E-state index contributed by atoms with van der Waals surface area (Å²) in [6, 6.07) is 15.9. The third kappa shape index (κ3) is 3.71. The summed E-state index contributed by atoms with van der Waals surface area (Å²) in [7, 11) is 0. The smallest absolute Gasteiger partial charge is 0.170 e. The van der Waals surface area contributed by atoms with E-state index in [2.05, 4.69) is 39.7 Å². The van der Waals surface area contributed by atoms with Crippen LogP contribution in [0.25, 0.3) is 5.69 Å². The highest BCUT2D eigenvalue weighted by atomic mass is 35.5. The second-order valence-electron chi connectivity index (χ2n) is 7.51. The average Bonchev–Trinajstić information content (AvgIpc) is 3.23. The van der Waals surface area contributed by atoms with E-state index in [-0.39, 0.29) is 18.7 Å². The van der Waals surface area contributed by atoms with Crippen LogP contribution in [0.4, 0.5) is 0 Å². The molecule has 2 aromatic heterocycles. The van der Waals surface area contributed by atoms with Crippen LogP contribution in [0.5, 0.6) is 0 Å². The summed E-state index contributed by atoms with van der Waals surface area (Å²) in [6.07, 6.45) is 2.46. The van der Waals surface area contributed by atoms with E-state index in [0.29, 0.717) is 23.1 Å². The minimum absolute atomic E-state index is 0.0265. The molecule has 0 radical (unpaired) electrons. The van der Waals surface area contributed by atoms with Gasteiger partial charge in [0.2, 0.25) is 0 Å². The minimum Gasteiger partial charge on any atom is -0.396 e. The highest BCUT2D eigenvalue weighted by Gasteiger charge is 2.41. The molecule has 2 atom stereocenters. The van der Waals surface area contributed by atoms with Crippen LogP contribution in [0.3, 0.4) is 0 Å². The van der Waals surface area contributed by atoms with Crippen molar-refractivity contribution in [2.75, 3.05) is 13.2 Å². The van der Waals surface area contributed by atoms with Gasteiger partial charge in [0.05, 0.1) is 28.5 Å². The monoisotopic (exact) mass is 440 g/mol. The van der Waals surface area contributed by atoms with Gasteiger partial charge >= 0.3 is 0 Å². The number of rotatable bonds is 6. The molecule has 0 bridgehead atoms. The summed E-state index contributed by atoms with van der Waals surface area (Å²) in [6.45, 7) is 5.01. The maximum Gasteiger partial charge on any atom is 0.170 e. The average molecular weight is 441 g/mol. The van der Waals surface area contributed by atoms with E-state index in [0.717, 1.165) is 22.8 Å². The molecular formula is C23H25ClN4OS. The van der Waals surface area contributed by atoms with Crippen molar-refractivity contribution in [1.29, 1.82) is 0 Å². The van der Waals surface area contributed by atoms with Gasteiger partial charge in [-0.25, -0.2) is 0 Å². The van der Waals surface area contributed by atoms with Crippen LogP contribution in [0.2, 0.25) is 5.02 Å². The molecule has 3 heterocycles. The van der Waals surface area contributed by atoms with Gasteiger partial charge in [-0.1, -0.05) is 29.8 Å². The standard InChI is InChI=1S/C23H25ClN4OS/c1-15-14-17(16(2)28(15)20-10-4-3-8-18(20)24)22-21(19-9-5-6-11-25-19)26-23(30)27(22)12-7-13-29/h3-6,8-11,14,21-22,29H,7,12-13H2,1-2H3,(H,26,30)/t21-,22+/m1/s1. The summed E-state index contributed by atoms with van der Waals surface area (Å²) >= 11 is 12.2. The lowest BCUT2D eigenvalue weighted by molar-refractivity contribution is 0.247. The molecule has 5 nitrogen and oxygen atoms in total. The number of aromatic nitrogens is 2. The molecule has 0 amide bonds. The maximum atomic E-state index is 9.41. The first-order chi connectivity index (χ1) is 14.5. The zero-order valence-corrected chi connectivity index (χ0v) is 18.6. The van der Waals surface area contributed by atoms with Gasteiger partial charge in [-0.15, -0.1) is 0 Å². The van der Waals surface area contributed by atoms with Gasteiger partial charge in [-0.2, -0.15) is 0 Å². The van der Waals surface area contributed by atoms with Crippen LogP contribution in [0, 0.1) is 13.8 Å². The molecule has 0 spiro atoms. The zero-order valence-electron chi connectivity index (χ0n) is 17.0. The highest BCUT2D eigenvalue weighted by molar-refractivity contribution is 7.80. The lowest BCUT2D eigenvalue weighted by atomic mass is 9.96. The van der Waals surface area contributed by atoms with E-state index in [1.54, 1.807) is 6.20 Å². The summed E-state index contributed by atoms with van der Waals surface area (Å²) in [5.41, 5.74) is 5.31. The number of benzene rings is 1. The van der Waals surface area contributed by atoms with Crippen molar-refractivity contribution in [3.63, 3.8) is 0 Å². The lowest BCUT2D eigenvalue weighted by Crippen LogP contribution is -2.31. The van der Waals surface area contributed by atoms with Crippen molar-refractivity contribution in [3.05, 3.63) is 82.4 Å². The Hall–Kier alpha value is -2.41. The molecule has 30 heavy (non-hydrogen) atoms. The first-order valence-electron chi connectivity index (χ1n) is 10.1. The number of hydrogen-bond acceptors (Lipinski definition) is 3. The van der Waals surface area contributed by atoms with E-state index in [4.69, 9.17) is 23.8 Å². The molecule has 1 aliphatic rings. The fourth-order valence-electron chi connectivity index (χ4n) is 4.32. The molecule has 2 N–H and O–H groups in total. The highest BCUT2D eigenvalue weighted by Crippen LogP contribution is 2.41. The second kappa shape index (κ2) is 8.76. The number of thiocarbonyl (C=S) groups is 1. The van der Waals surface area contributed by atoms with E-state index in [1.807, 2.05) is 42.5 Å². The number of nitrogens with one attached hydrogen (secondary N) is 1. The first kappa shape index (κ1) is 20.8. The van der Waals surface area contributed by atoms with Crippen LogP contribution in [-0.2, 0) is 0 Å². The Labute approximate surface area is 187 Å². The SMILES string of the molecule is Cc1cc([C@H]2[C@@H](c3ccccn3)NC(=S)N2CCCO)c(C)n1-c1ccccc1Cl. The predicted molar refractivity (Wildman–Crippen MR) is 124 cm³/mol. The molecule has 1 aromatic carbocycles. The molecule has 156 valence electrons. The topological polar surface area (TPSA) is 53.3 Å². The van der Waals surface area contributed by atoms with E-state index in [1.165, 1.54) is 5.56 Å². The van der Waals surface area contributed by atoms with Gasteiger partial charge in [-0.05, 0) is 68.4 Å². The van der Waals surface area contributed by atoms with Gasteiger partial charge in [0.15, 0.2) is 5.11 Å². The third-order valence-corrected chi connectivity index (χ3v) is 6.31. The molecular weight excluding hydrogens is 416 g/mol. The fraction of sp³-hybridized carbons (Fsp3) is 0.304. The Kier molecular flexibility index (Phi) is 6.09. The molecule has 1 aliphatic heterocycles. The van der Waals surface area contributed by atoms with Crippen molar-refractivity contribution in [3.8, 4) is 5.69 Å². The molecule has 3 aromatic rings. The molecule has 4 rings (SSSR count). The largest absolute Gasteiger partial charge is 0.396 e. The summed E-state index contributed by atoms with van der Waals surface area (Å²) in [5.74, 6) is 0. The Bertz CT molecular complexity index is 1050. The van der Waals surface area contributed by atoms with Gasteiger partial charge < -0.3 is 19.9 Å². The predicted octanol–water partition coefficient (Wildman–Crippen LogP) is 4.50. The van der Waals surface area contributed by atoms with Crippen molar-refractivity contribution in [2.24, 2.45) is 0 Å². The van der Waals surface area contributed by atoms with Crippen molar-refractivity contribution in [2.45, 2.75) is 32.4 Å². The zero-order chi connectivity index (χ0) is 21.3. The molecule has 7 heteroatoms. The summed E-state index contributed by atoms with van der Waals surface area (Å²) in [4.78, 5) is 6.76. The number of aryl methyl sites for hydroxylation is 1. The first-order valence-corrected chi connectivity index (χ1v) is 10.8. The van der Waals surface area contributed by atoms with Crippen molar-refractivity contribution >= 4 is 28.9 Å². The number of halogens is 1. The van der Waals surface area contributed by atoms with Crippen LogP contribution >= 0.6 is 23.8 Å². The van der Waals surface area contributed by atoms with Crippen LogP contribution in [-0.4, -0.2) is 37.8 Å². The Morgan fingerprint density at radius 2 is 1.93 bits per heavy atom. The van der Waals surface area contributed by atoms with Gasteiger partial charge in [0.25, 0.3) is 0 Å². The molecule has 0 saturated carbocycles. The summed E-state index contributed by atoms with van der Waals surface area (Å²) < 4.78 is 2.19. The lowest BCUT2D eigenvalue weighted by Gasteiger charge is -2.28. The normalized spacial score (nSPS) is 18.7. The van der Waals surface area contributed by atoms with Crippen molar-refractivity contribution < 1.29 is 5.11 Å². The van der Waals surface area contributed by atoms with E-state index >= 15 is 0 Å². The molecule has 1 fully saturated rings. The minimum atomic E-state index is -0.0717. The Morgan fingerprint density at radius 3 is 2.63 bits per heavy atom. The van der Waals surface area contributed by atoms with E-state index < -0.39 is 0 Å². The molecule has 1 saturated heterocycles. The van der Waals surface area contributed by atoms with Gasteiger partial charge in [0.1, 0.15) is 0 Å². The van der Waals surface area contributed by atoms with Gasteiger partial charge in [-0.3, -0.25) is 4.98 Å². The Morgan fingerprint density at radius 1 is 1.17 bits per heavy atom. The van der Waals surface area contributed by atoms with Crippen LogP contribution in [0.1, 0.15) is 41.1 Å². The molecule has 0 unspecified atom stereocenters. The van der Waals surface area contributed by atoms with Gasteiger partial charge in [0, 0.05) is 30.7 Å². The number of hydrogen-bond donors (Lipinski definition) is 2. The number of pyridine rings is 1. The number of aliphatic hydroxyl groups excluding tert-OH is 1. The number of nitrogens with zero attached hydrogens (tertiary/aromatic N) is 3. The Balaban J connectivity index is 1.83. The van der Waals surface area contributed by atoms with Crippen molar-refractivity contribution in [1.82, 2.24) is 19.8 Å². The van der Waals surface area contributed by atoms with Crippen LogP contribution < -0.4 is 5.32 Å². The number of aliphatic hydroxyl groups is 1. The quantitative estimate of drug-likeness (QED) is 0.553.